The van der Waals surface area contributed by atoms with E-state index in [1.54, 1.807) is 13.8 Å². The molecule has 0 radical (unpaired) electrons. The topological polar surface area (TPSA) is 88.4 Å². The molecule has 0 spiro atoms. The van der Waals surface area contributed by atoms with E-state index in [4.69, 9.17) is 11.6 Å². The van der Waals surface area contributed by atoms with Crippen molar-refractivity contribution in [2.75, 3.05) is 19.1 Å². The van der Waals surface area contributed by atoms with E-state index in [1.807, 2.05) is 0 Å². The predicted molar refractivity (Wildman–Crippen MR) is 91.4 cm³/mol. The lowest BCUT2D eigenvalue weighted by Gasteiger charge is -2.28. The second kappa shape index (κ2) is 8.57. The van der Waals surface area contributed by atoms with E-state index >= 15 is 0 Å². The third-order valence-electron chi connectivity index (χ3n) is 3.52. The van der Waals surface area contributed by atoms with Crippen LogP contribution in [0.3, 0.4) is 0 Å². The number of ether oxygens (including phenoxy) is 1. The highest BCUT2D eigenvalue weighted by atomic mass is 35.5. The van der Waals surface area contributed by atoms with Gasteiger partial charge in [0.15, 0.2) is 0 Å². The Hall–Kier alpha value is -2.33. The Labute approximate surface area is 158 Å². The molecule has 150 valence electrons. The van der Waals surface area contributed by atoms with Gasteiger partial charge in [0, 0.05) is 24.2 Å². The maximum atomic E-state index is 13.2. The molecule has 0 bridgehead atoms. The molecule has 0 aliphatic carbocycles. The van der Waals surface area contributed by atoms with Crippen LogP contribution in [0.4, 0.5) is 23.7 Å². The van der Waals surface area contributed by atoms with Gasteiger partial charge in [0.25, 0.3) is 5.60 Å². The highest BCUT2D eigenvalue weighted by Gasteiger charge is 2.62. The number of hydrogen-bond donors (Lipinski definition) is 1. The van der Waals surface area contributed by atoms with Crippen LogP contribution in [-0.2, 0) is 20.0 Å². The van der Waals surface area contributed by atoms with Crippen LogP contribution in [0.5, 0.6) is 0 Å². The molecular weight excluding hydrogens is 393 g/mol. The summed E-state index contributed by atoms with van der Waals surface area (Å²) < 4.78 is 43.6. The zero-order valence-corrected chi connectivity index (χ0v) is 15.6. The van der Waals surface area contributed by atoms with Gasteiger partial charge in [-0.2, -0.15) is 13.2 Å². The quantitative estimate of drug-likeness (QED) is 0.348. The van der Waals surface area contributed by atoms with Gasteiger partial charge in [-0.25, -0.2) is 9.59 Å². The van der Waals surface area contributed by atoms with Crippen molar-refractivity contribution in [3.8, 4) is 0 Å². The normalized spacial score (nSPS) is 14.5. The van der Waals surface area contributed by atoms with E-state index in [-0.39, 0.29) is 16.8 Å². The highest BCUT2D eigenvalue weighted by Crippen LogP contribution is 2.40. The van der Waals surface area contributed by atoms with E-state index in [9.17, 15) is 27.9 Å². The minimum atomic E-state index is -5.31. The summed E-state index contributed by atoms with van der Waals surface area (Å²) in [5.41, 5.74) is -4.49. The maximum absolute atomic E-state index is 13.2. The van der Waals surface area contributed by atoms with Crippen LogP contribution >= 0.6 is 11.6 Å². The number of nitrogens with zero attached hydrogens (tertiary/aromatic N) is 2. The fourth-order valence-corrected chi connectivity index (χ4v) is 1.86. The van der Waals surface area contributed by atoms with Crippen molar-refractivity contribution in [3.63, 3.8) is 0 Å². The Balaban J connectivity index is 3.08. The molecule has 0 fully saturated rings. The standard InChI is InChI=1S/C16H18ClF3N2O5/c1-9(2)12(17)21-27-14(24)22(3)11-7-5-10(6-8-11)15(25,13(23)26-4)16(18,19)20/h5-9,25H,1-4H3/b21-12+. The van der Waals surface area contributed by atoms with Gasteiger partial charge in [-0.3, -0.25) is 9.74 Å². The van der Waals surface area contributed by atoms with Crippen molar-refractivity contribution in [1.82, 2.24) is 0 Å². The number of aliphatic hydroxyl groups is 1. The van der Waals surface area contributed by atoms with E-state index in [1.165, 1.54) is 7.05 Å². The van der Waals surface area contributed by atoms with Crippen molar-refractivity contribution in [2.45, 2.75) is 25.6 Å². The number of esters is 1. The summed E-state index contributed by atoms with van der Waals surface area (Å²) in [6.07, 6.45) is -6.25. The Morgan fingerprint density at radius 2 is 1.74 bits per heavy atom. The Morgan fingerprint density at radius 3 is 2.15 bits per heavy atom. The lowest BCUT2D eigenvalue weighted by Crippen LogP contribution is -2.49. The highest BCUT2D eigenvalue weighted by molar-refractivity contribution is 6.65. The number of rotatable bonds is 5. The maximum Gasteiger partial charge on any atom is 0.440 e. The third kappa shape index (κ3) is 4.89. The van der Waals surface area contributed by atoms with E-state index < -0.39 is 29.4 Å². The Kier molecular flexibility index (Phi) is 7.21. The number of benzene rings is 1. The molecule has 27 heavy (non-hydrogen) atoms. The van der Waals surface area contributed by atoms with Gasteiger partial charge in [-0.05, 0) is 12.1 Å². The summed E-state index contributed by atoms with van der Waals surface area (Å²) in [5, 5.41) is 13.4. The second-order valence-electron chi connectivity index (χ2n) is 5.73. The molecule has 1 amide bonds. The smallest absolute Gasteiger partial charge is 0.440 e. The molecule has 7 nitrogen and oxygen atoms in total. The number of anilines is 1. The van der Waals surface area contributed by atoms with Crippen LogP contribution in [0.1, 0.15) is 19.4 Å². The average Bonchev–Trinajstić information content (AvgIpc) is 2.62. The minimum absolute atomic E-state index is 0.0559. The van der Waals surface area contributed by atoms with Crippen molar-refractivity contribution < 1.29 is 37.4 Å². The van der Waals surface area contributed by atoms with Gasteiger partial charge in [0.05, 0.1) is 7.11 Å². The van der Waals surface area contributed by atoms with E-state index in [2.05, 4.69) is 14.7 Å². The second-order valence-corrected chi connectivity index (χ2v) is 6.12. The molecule has 0 aliphatic rings. The van der Waals surface area contributed by atoms with Gasteiger partial charge < -0.3 is 9.84 Å². The fourth-order valence-electron chi connectivity index (χ4n) is 1.83. The number of oxime groups is 1. The Morgan fingerprint density at radius 1 is 1.22 bits per heavy atom. The summed E-state index contributed by atoms with van der Waals surface area (Å²) in [5.74, 6) is -2.05. The first kappa shape index (κ1) is 22.7. The largest absolute Gasteiger partial charge is 0.466 e. The molecule has 11 heteroatoms. The first-order valence-corrected chi connectivity index (χ1v) is 7.90. The van der Waals surface area contributed by atoms with Crippen molar-refractivity contribution in [2.24, 2.45) is 11.1 Å². The summed E-state index contributed by atoms with van der Waals surface area (Å²) >= 11 is 5.74. The van der Waals surface area contributed by atoms with Crippen molar-refractivity contribution >= 4 is 34.5 Å². The molecule has 0 aliphatic heterocycles. The SMILES string of the molecule is COC(=O)C(O)(c1ccc(N(C)C(=O)O/N=C(/Cl)C(C)C)cc1)C(F)(F)F. The lowest BCUT2D eigenvalue weighted by molar-refractivity contribution is -0.266. The van der Waals surface area contributed by atoms with Gasteiger partial charge in [-0.15, -0.1) is 0 Å². The zero-order chi connectivity index (χ0) is 21.0. The van der Waals surface area contributed by atoms with Crippen LogP contribution in [0, 0.1) is 5.92 Å². The van der Waals surface area contributed by atoms with Crippen LogP contribution < -0.4 is 4.90 Å². The zero-order valence-electron chi connectivity index (χ0n) is 14.9. The van der Waals surface area contributed by atoms with Gasteiger partial charge in [0.1, 0.15) is 5.17 Å². The molecule has 1 rings (SSSR count). The number of hydrogen-bond acceptors (Lipinski definition) is 6. The third-order valence-corrected chi connectivity index (χ3v) is 4.03. The lowest BCUT2D eigenvalue weighted by atomic mass is 9.93. The van der Waals surface area contributed by atoms with Crippen LogP contribution in [-0.4, -0.2) is 42.7 Å². The number of carbonyl (C=O) groups is 2. The molecule has 1 aromatic carbocycles. The molecule has 0 aromatic heterocycles. The number of methoxy groups -OCH3 is 1. The number of alkyl halides is 3. The molecular formula is C16H18ClF3N2O5. The Bertz CT molecular complexity index is 722. The van der Waals surface area contributed by atoms with E-state index in [0.717, 1.165) is 36.3 Å². The first-order chi connectivity index (χ1) is 12.4. The van der Waals surface area contributed by atoms with Gasteiger partial charge >= 0.3 is 18.2 Å². The average molecular weight is 411 g/mol. The van der Waals surface area contributed by atoms with Crippen molar-refractivity contribution in [1.29, 1.82) is 0 Å². The molecule has 1 atom stereocenters. The van der Waals surface area contributed by atoms with E-state index in [0.29, 0.717) is 0 Å². The molecule has 1 aromatic rings. The summed E-state index contributed by atoms with van der Waals surface area (Å²) in [6, 6.07) is 3.86. The minimum Gasteiger partial charge on any atom is -0.466 e. The first-order valence-electron chi connectivity index (χ1n) is 7.52. The molecule has 0 heterocycles. The van der Waals surface area contributed by atoms with Crippen LogP contribution in [0.25, 0.3) is 0 Å². The predicted octanol–water partition coefficient (Wildman–Crippen LogP) is 3.39. The number of amides is 1. The fraction of sp³-hybridized carbons (Fsp3) is 0.438. The monoisotopic (exact) mass is 410 g/mol. The summed E-state index contributed by atoms with van der Waals surface area (Å²) in [7, 11) is 2.01. The summed E-state index contributed by atoms with van der Waals surface area (Å²) in [6.45, 7) is 3.45. The van der Waals surface area contributed by atoms with Gasteiger partial charge in [-0.1, -0.05) is 42.7 Å². The van der Waals surface area contributed by atoms with Crippen LogP contribution in [0.2, 0.25) is 0 Å². The van der Waals surface area contributed by atoms with Gasteiger partial charge in [0.2, 0.25) is 0 Å². The number of halogens is 4. The van der Waals surface area contributed by atoms with Crippen molar-refractivity contribution in [3.05, 3.63) is 29.8 Å². The molecule has 0 saturated heterocycles. The number of carbonyl (C=O) groups excluding carboxylic acids is 2. The molecule has 1 unspecified atom stereocenters. The molecule has 1 N–H and O–H groups in total. The molecule has 0 saturated carbocycles. The summed E-state index contributed by atoms with van der Waals surface area (Å²) in [4.78, 5) is 29.0. The van der Waals surface area contributed by atoms with Crippen LogP contribution in [0.15, 0.2) is 29.4 Å².